The van der Waals surface area contributed by atoms with Crippen LogP contribution in [0.4, 0.5) is 5.69 Å². The number of esters is 1. The fourth-order valence-electron chi connectivity index (χ4n) is 3.26. The highest BCUT2D eigenvalue weighted by Crippen LogP contribution is 2.36. The highest BCUT2D eigenvalue weighted by Gasteiger charge is 2.51. The molecule has 0 N–H and O–H groups in total. The smallest absolute Gasteiger partial charge is 0.467 e. The molecule has 0 bridgehead atoms. The summed E-state index contributed by atoms with van der Waals surface area (Å²) in [7, 11) is 1.08. The summed E-state index contributed by atoms with van der Waals surface area (Å²) in [5, 5.41) is 0. The number of anilines is 1. The second kappa shape index (κ2) is 6.08. The first-order chi connectivity index (χ1) is 11.2. The Bertz CT molecular complexity index is 598. The second-order valence-electron chi connectivity index (χ2n) is 7.55. The average Bonchev–Trinajstić information content (AvgIpc) is 3.10. The third-order valence-corrected chi connectivity index (χ3v) is 5.48. The Morgan fingerprint density at radius 2 is 1.75 bits per heavy atom. The third-order valence-electron chi connectivity index (χ3n) is 5.48. The van der Waals surface area contributed by atoms with Crippen molar-refractivity contribution in [3.05, 3.63) is 24.3 Å². The van der Waals surface area contributed by atoms with Crippen molar-refractivity contribution >= 4 is 24.2 Å². The second-order valence-corrected chi connectivity index (χ2v) is 7.55. The summed E-state index contributed by atoms with van der Waals surface area (Å²) in [5.74, 6) is -0.164. The van der Waals surface area contributed by atoms with Crippen LogP contribution >= 0.6 is 0 Å². The predicted octanol–water partition coefficient (Wildman–Crippen LogP) is 2.13. The minimum atomic E-state index is -0.362. The lowest BCUT2D eigenvalue weighted by atomic mass is 9.79. The SMILES string of the molecule is COC(=O)C1CCCN1c1ccc(B2OC(C)(C)C(C)(C)O2)cc1. The quantitative estimate of drug-likeness (QED) is 0.627. The Kier molecular flexibility index (Phi) is 4.38. The molecule has 0 aromatic heterocycles. The molecule has 1 aromatic rings. The van der Waals surface area contributed by atoms with Gasteiger partial charge in [-0.15, -0.1) is 0 Å². The van der Waals surface area contributed by atoms with Crippen molar-refractivity contribution in [3.63, 3.8) is 0 Å². The molecule has 2 heterocycles. The molecule has 24 heavy (non-hydrogen) atoms. The molecule has 1 aromatic carbocycles. The topological polar surface area (TPSA) is 48.0 Å². The van der Waals surface area contributed by atoms with Gasteiger partial charge in [-0.05, 0) is 58.1 Å². The monoisotopic (exact) mass is 331 g/mol. The summed E-state index contributed by atoms with van der Waals surface area (Å²) >= 11 is 0. The summed E-state index contributed by atoms with van der Waals surface area (Å²) in [4.78, 5) is 14.0. The fraction of sp³-hybridized carbons (Fsp3) is 0.611. The summed E-state index contributed by atoms with van der Waals surface area (Å²) in [6.45, 7) is 9.06. The number of nitrogens with zero attached hydrogens (tertiary/aromatic N) is 1. The Morgan fingerprint density at radius 3 is 2.29 bits per heavy atom. The van der Waals surface area contributed by atoms with Crippen LogP contribution in [0.5, 0.6) is 0 Å². The normalized spacial score (nSPS) is 25.1. The lowest BCUT2D eigenvalue weighted by Gasteiger charge is -2.32. The van der Waals surface area contributed by atoms with Crippen LogP contribution in [0.3, 0.4) is 0 Å². The molecule has 6 heteroatoms. The number of carbonyl (C=O) groups excluding carboxylic acids is 1. The van der Waals surface area contributed by atoms with E-state index in [4.69, 9.17) is 14.0 Å². The van der Waals surface area contributed by atoms with Crippen LogP contribution in [0, 0.1) is 0 Å². The molecule has 2 aliphatic rings. The van der Waals surface area contributed by atoms with E-state index in [0.717, 1.165) is 30.5 Å². The van der Waals surface area contributed by atoms with Crippen molar-refractivity contribution in [1.82, 2.24) is 0 Å². The van der Waals surface area contributed by atoms with Gasteiger partial charge in [-0.3, -0.25) is 0 Å². The molecule has 0 spiro atoms. The fourth-order valence-corrected chi connectivity index (χ4v) is 3.26. The predicted molar refractivity (Wildman–Crippen MR) is 94.5 cm³/mol. The maximum atomic E-state index is 11.9. The van der Waals surface area contributed by atoms with Crippen LogP contribution < -0.4 is 10.4 Å². The van der Waals surface area contributed by atoms with Gasteiger partial charge in [0.2, 0.25) is 0 Å². The Hall–Kier alpha value is -1.53. The van der Waals surface area contributed by atoms with Crippen molar-refractivity contribution in [1.29, 1.82) is 0 Å². The van der Waals surface area contributed by atoms with Gasteiger partial charge in [0.1, 0.15) is 6.04 Å². The minimum absolute atomic E-state index is 0.164. The van der Waals surface area contributed by atoms with Crippen LogP contribution in [-0.4, -0.2) is 44.0 Å². The zero-order valence-electron chi connectivity index (χ0n) is 15.2. The van der Waals surface area contributed by atoms with E-state index in [1.165, 1.54) is 7.11 Å². The number of benzene rings is 1. The Labute approximate surface area is 144 Å². The molecular weight excluding hydrogens is 305 g/mol. The van der Waals surface area contributed by atoms with E-state index in [2.05, 4.69) is 4.90 Å². The molecular formula is C18H26BNO4. The molecule has 2 fully saturated rings. The van der Waals surface area contributed by atoms with E-state index in [1.54, 1.807) is 0 Å². The molecule has 3 rings (SSSR count). The highest BCUT2D eigenvalue weighted by atomic mass is 16.7. The van der Waals surface area contributed by atoms with Gasteiger partial charge in [0.05, 0.1) is 18.3 Å². The molecule has 2 aliphatic heterocycles. The van der Waals surface area contributed by atoms with E-state index >= 15 is 0 Å². The molecule has 1 unspecified atom stereocenters. The van der Waals surface area contributed by atoms with Gasteiger partial charge in [0, 0.05) is 12.2 Å². The van der Waals surface area contributed by atoms with E-state index in [-0.39, 0.29) is 30.3 Å². The molecule has 130 valence electrons. The van der Waals surface area contributed by atoms with Crippen molar-refractivity contribution in [2.75, 3.05) is 18.6 Å². The first-order valence-electron chi connectivity index (χ1n) is 8.55. The number of carbonyl (C=O) groups is 1. The van der Waals surface area contributed by atoms with E-state index < -0.39 is 0 Å². The summed E-state index contributed by atoms with van der Waals surface area (Å²) in [6, 6.07) is 7.91. The van der Waals surface area contributed by atoms with Gasteiger partial charge in [-0.25, -0.2) is 4.79 Å². The Balaban J connectivity index is 1.76. The van der Waals surface area contributed by atoms with Crippen LogP contribution in [0.15, 0.2) is 24.3 Å². The van der Waals surface area contributed by atoms with Crippen molar-refractivity contribution in [2.45, 2.75) is 57.8 Å². The number of ether oxygens (including phenoxy) is 1. The van der Waals surface area contributed by atoms with E-state index in [9.17, 15) is 4.79 Å². The zero-order valence-corrected chi connectivity index (χ0v) is 15.2. The average molecular weight is 331 g/mol. The van der Waals surface area contributed by atoms with E-state index in [0.29, 0.717) is 0 Å². The summed E-state index contributed by atoms with van der Waals surface area (Å²) in [5.41, 5.74) is 1.33. The van der Waals surface area contributed by atoms with Gasteiger partial charge >= 0.3 is 13.1 Å². The number of rotatable bonds is 3. The van der Waals surface area contributed by atoms with Gasteiger partial charge < -0.3 is 18.9 Å². The van der Waals surface area contributed by atoms with E-state index in [1.807, 2.05) is 52.0 Å². The first kappa shape index (κ1) is 17.3. The first-order valence-corrected chi connectivity index (χ1v) is 8.55. The molecule has 0 saturated carbocycles. The molecule has 2 saturated heterocycles. The number of methoxy groups -OCH3 is 1. The minimum Gasteiger partial charge on any atom is -0.467 e. The van der Waals surface area contributed by atoms with Crippen LogP contribution in [0.1, 0.15) is 40.5 Å². The lowest BCUT2D eigenvalue weighted by Crippen LogP contribution is -2.41. The highest BCUT2D eigenvalue weighted by molar-refractivity contribution is 6.62. The summed E-state index contributed by atoms with van der Waals surface area (Å²) in [6.07, 6.45) is 1.84. The molecule has 0 amide bonds. The zero-order chi connectivity index (χ0) is 17.5. The van der Waals surface area contributed by atoms with Crippen LogP contribution in [0.25, 0.3) is 0 Å². The maximum absolute atomic E-state index is 11.9. The molecule has 5 nitrogen and oxygen atoms in total. The van der Waals surface area contributed by atoms with Crippen LogP contribution in [-0.2, 0) is 18.8 Å². The van der Waals surface area contributed by atoms with Crippen molar-refractivity contribution in [3.8, 4) is 0 Å². The summed E-state index contributed by atoms with van der Waals surface area (Å²) < 4.78 is 17.1. The van der Waals surface area contributed by atoms with Gasteiger partial charge in [0.25, 0.3) is 0 Å². The van der Waals surface area contributed by atoms with Crippen LogP contribution in [0.2, 0.25) is 0 Å². The Morgan fingerprint density at radius 1 is 1.17 bits per heavy atom. The molecule has 0 radical (unpaired) electrons. The number of hydrogen-bond acceptors (Lipinski definition) is 5. The molecule has 0 aliphatic carbocycles. The largest absolute Gasteiger partial charge is 0.494 e. The van der Waals surface area contributed by atoms with Gasteiger partial charge in [-0.2, -0.15) is 0 Å². The molecule has 1 atom stereocenters. The third kappa shape index (κ3) is 2.93. The lowest BCUT2D eigenvalue weighted by molar-refractivity contribution is -0.141. The van der Waals surface area contributed by atoms with Gasteiger partial charge in [-0.1, -0.05) is 12.1 Å². The maximum Gasteiger partial charge on any atom is 0.494 e. The van der Waals surface area contributed by atoms with Crippen molar-refractivity contribution < 1.29 is 18.8 Å². The standard InChI is InChI=1S/C18H26BNO4/c1-17(2)18(3,4)24-19(23-17)13-8-10-14(11-9-13)20-12-6-7-15(20)16(21)22-5/h8-11,15H,6-7,12H2,1-5H3. The number of hydrogen-bond donors (Lipinski definition) is 0. The van der Waals surface area contributed by atoms with Gasteiger partial charge in [0.15, 0.2) is 0 Å². The van der Waals surface area contributed by atoms with Crippen molar-refractivity contribution in [2.24, 2.45) is 0 Å².